The Morgan fingerprint density at radius 2 is 2.00 bits per heavy atom. The van der Waals surface area contributed by atoms with E-state index >= 15 is 0 Å². The first-order valence-electron chi connectivity index (χ1n) is 4.44. The normalized spacial score (nSPS) is 10.9. The van der Waals surface area contributed by atoms with Crippen LogP contribution in [-0.4, -0.2) is 31.1 Å². The molecule has 0 atom stereocenters. The van der Waals surface area contributed by atoms with Crippen molar-refractivity contribution in [3.8, 4) is 0 Å². The average Bonchev–Trinajstić information content (AvgIpc) is 2.05. The van der Waals surface area contributed by atoms with Gasteiger partial charge in [0.25, 0.3) is 0 Å². The largest absolute Gasteiger partial charge is 0.302 e. The predicted molar refractivity (Wildman–Crippen MR) is 54.0 cm³/mol. The monoisotopic (exact) mass is 176 g/mol. The van der Waals surface area contributed by atoms with Gasteiger partial charge in [0, 0.05) is 13.1 Å². The van der Waals surface area contributed by atoms with Crippen LogP contribution in [0.25, 0.3) is 0 Å². The van der Waals surface area contributed by atoms with Gasteiger partial charge in [0.1, 0.15) is 0 Å². The number of likely N-dealkylation sites (N-methyl/N-ethyl adjacent to an activating group) is 1. The fourth-order valence-electron chi connectivity index (χ4n) is 1.02. The third-order valence-corrected chi connectivity index (χ3v) is 2.04. The van der Waals surface area contributed by atoms with Gasteiger partial charge in [-0.25, -0.2) is 0 Å². The van der Waals surface area contributed by atoms with Crippen LogP contribution in [0.5, 0.6) is 0 Å². The van der Waals surface area contributed by atoms with Gasteiger partial charge >= 0.3 is 0 Å². The lowest BCUT2D eigenvalue weighted by Crippen LogP contribution is -2.30. The molecule has 0 saturated heterocycles. The first kappa shape index (κ1) is 11.3. The van der Waals surface area contributed by atoms with E-state index in [-0.39, 0.29) is 0 Å². The third-order valence-electron chi connectivity index (χ3n) is 1.81. The highest BCUT2D eigenvalue weighted by Gasteiger charge is 1.98. The summed E-state index contributed by atoms with van der Waals surface area (Å²) in [7, 11) is 0. The summed E-state index contributed by atoms with van der Waals surface area (Å²) in [6.45, 7) is 8.89. The Bertz CT molecular complexity index is 70.5. The van der Waals surface area contributed by atoms with Gasteiger partial charge in [0.15, 0.2) is 0 Å². The summed E-state index contributed by atoms with van der Waals surface area (Å²) < 4.78 is 2.86. The summed E-state index contributed by atoms with van der Waals surface area (Å²) in [6.07, 6.45) is 2.59. The number of rotatable bonds is 7. The van der Waals surface area contributed by atoms with E-state index in [0.717, 1.165) is 19.6 Å². The molecule has 0 saturated carbocycles. The van der Waals surface area contributed by atoms with Crippen LogP contribution in [0.4, 0.5) is 0 Å². The number of nitrogens with zero attached hydrogens (tertiary/aromatic N) is 1. The van der Waals surface area contributed by atoms with Crippen LogP contribution in [0.15, 0.2) is 0 Å². The second kappa shape index (κ2) is 8.37. The third kappa shape index (κ3) is 6.66. The maximum absolute atomic E-state index is 3.95. The fraction of sp³-hybridized carbons (Fsp3) is 1.00. The zero-order valence-electron chi connectivity index (χ0n) is 7.64. The highest BCUT2D eigenvalue weighted by atomic mass is 32.1. The van der Waals surface area contributed by atoms with E-state index in [1.807, 2.05) is 0 Å². The summed E-state index contributed by atoms with van der Waals surface area (Å²) in [5.41, 5.74) is 0. The molecule has 2 nitrogen and oxygen atoms in total. The number of nitrogens with one attached hydrogen (secondary N) is 1. The molecule has 0 bridgehead atoms. The van der Waals surface area contributed by atoms with Gasteiger partial charge in [-0.2, -0.15) is 0 Å². The van der Waals surface area contributed by atoms with Crippen molar-refractivity contribution in [2.24, 2.45) is 0 Å². The minimum absolute atomic E-state index is 0.973. The first-order chi connectivity index (χ1) is 5.35. The molecule has 68 valence electrons. The van der Waals surface area contributed by atoms with Gasteiger partial charge in [-0.15, -0.1) is 0 Å². The van der Waals surface area contributed by atoms with Crippen LogP contribution in [-0.2, 0) is 0 Å². The summed E-state index contributed by atoms with van der Waals surface area (Å²) >= 11 is 3.95. The Hall–Kier alpha value is 0.270. The van der Waals surface area contributed by atoms with Gasteiger partial charge in [0.05, 0.1) is 0 Å². The van der Waals surface area contributed by atoms with E-state index in [0.29, 0.717) is 0 Å². The van der Waals surface area contributed by atoms with E-state index in [9.17, 15) is 0 Å². The lowest BCUT2D eigenvalue weighted by molar-refractivity contribution is 0.289. The molecule has 0 rings (SSSR count). The zero-order valence-corrected chi connectivity index (χ0v) is 8.53. The minimum atomic E-state index is 0.973. The lowest BCUT2D eigenvalue weighted by atomic mass is 10.3. The van der Waals surface area contributed by atoms with Crippen LogP contribution >= 0.6 is 12.8 Å². The summed E-state index contributed by atoms with van der Waals surface area (Å²) in [4.78, 5) is 2.44. The molecule has 0 aromatic carbocycles. The topological polar surface area (TPSA) is 15.3 Å². The van der Waals surface area contributed by atoms with E-state index in [1.54, 1.807) is 0 Å². The molecule has 0 amide bonds. The molecule has 0 aliphatic rings. The van der Waals surface area contributed by atoms with E-state index < -0.39 is 0 Å². The van der Waals surface area contributed by atoms with Crippen LogP contribution in [0.1, 0.15) is 26.7 Å². The SMILES string of the molecule is CCCCN(CC)CCNS. The van der Waals surface area contributed by atoms with Crippen molar-refractivity contribution in [2.45, 2.75) is 26.7 Å². The van der Waals surface area contributed by atoms with Crippen LogP contribution < -0.4 is 4.72 Å². The van der Waals surface area contributed by atoms with Crippen molar-refractivity contribution >= 4 is 12.8 Å². The Balaban J connectivity index is 3.25. The van der Waals surface area contributed by atoms with Gasteiger partial charge in [0.2, 0.25) is 0 Å². The van der Waals surface area contributed by atoms with Crippen molar-refractivity contribution in [2.75, 3.05) is 26.2 Å². The number of hydrogen-bond donors (Lipinski definition) is 2. The van der Waals surface area contributed by atoms with Crippen LogP contribution in [0, 0.1) is 0 Å². The maximum Gasteiger partial charge on any atom is 0.0184 e. The number of thiol groups is 1. The predicted octanol–water partition coefficient (Wildman–Crippen LogP) is 1.54. The van der Waals surface area contributed by atoms with Crippen molar-refractivity contribution in [1.29, 1.82) is 0 Å². The molecule has 0 aliphatic heterocycles. The molecular weight excluding hydrogens is 156 g/mol. The van der Waals surface area contributed by atoms with Crippen LogP contribution in [0.2, 0.25) is 0 Å². The molecule has 0 unspecified atom stereocenters. The van der Waals surface area contributed by atoms with E-state index in [4.69, 9.17) is 0 Å². The second-order valence-electron chi connectivity index (χ2n) is 2.70. The van der Waals surface area contributed by atoms with Crippen molar-refractivity contribution in [3.05, 3.63) is 0 Å². The molecule has 0 aliphatic carbocycles. The van der Waals surface area contributed by atoms with E-state index in [1.165, 1.54) is 19.4 Å². The molecule has 1 N–H and O–H groups in total. The van der Waals surface area contributed by atoms with E-state index in [2.05, 4.69) is 36.3 Å². The summed E-state index contributed by atoms with van der Waals surface area (Å²) in [6, 6.07) is 0. The number of unbranched alkanes of at least 4 members (excludes halogenated alkanes) is 1. The quantitative estimate of drug-likeness (QED) is 0.572. The fourth-order valence-corrected chi connectivity index (χ4v) is 1.12. The summed E-state index contributed by atoms with van der Waals surface area (Å²) in [5.74, 6) is 0. The summed E-state index contributed by atoms with van der Waals surface area (Å²) in [5, 5.41) is 0. The minimum Gasteiger partial charge on any atom is -0.302 e. The average molecular weight is 176 g/mol. The van der Waals surface area contributed by atoms with Crippen molar-refractivity contribution < 1.29 is 0 Å². The molecule has 0 fully saturated rings. The maximum atomic E-state index is 3.95. The zero-order chi connectivity index (χ0) is 8.53. The molecular formula is C8H20N2S. The highest BCUT2D eigenvalue weighted by molar-refractivity contribution is 7.78. The van der Waals surface area contributed by atoms with Crippen LogP contribution in [0.3, 0.4) is 0 Å². The Morgan fingerprint density at radius 3 is 2.45 bits per heavy atom. The van der Waals surface area contributed by atoms with Gasteiger partial charge < -0.3 is 4.90 Å². The molecule has 11 heavy (non-hydrogen) atoms. The molecule has 0 aromatic heterocycles. The van der Waals surface area contributed by atoms with Crippen molar-refractivity contribution in [3.63, 3.8) is 0 Å². The first-order valence-corrected chi connectivity index (χ1v) is 4.89. The highest BCUT2D eigenvalue weighted by Crippen LogP contribution is 1.93. The van der Waals surface area contributed by atoms with Gasteiger partial charge in [-0.3, -0.25) is 4.72 Å². The Labute approximate surface area is 75.9 Å². The second-order valence-corrected chi connectivity index (χ2v) is 3.01. The molecule has 3 heteroatoms. The Morgan fingerprint density at radius 1 is 1.27 bits per heavy atom. The molecule has 0 radical (unpaired) electrons. The molecule has 0 aromatic rings. The van der Waals surface area contributed by atoms with Gasteiger partial charge in [-0.1, -0.05) is 33.1 Å². The lowest BCUT2D eigenvalue weighted by Gasteiger charge is -2.19. The van der Waals surface area contributed by atoms with Crippen molar-refractivity contribution in [1.82, 2.24) is 9.62 Å². The standard InChI is InChI=1S/C8H20N2S/c1-3-5-7-10(4-2)8-6-9-11/h9,11H,3-8H2,1-2H3. The smallest absolute Gasteiger partial charge is 0.0184 e. The van der Waals surface area contributed by atoms with Gasteiger partial charge in [-0.05, 0) is 19.5 Å². The number of hydrogen-bond acceptors (Lipinski definition) is 3. The molecule has 0 spiro atoms. The Kier molecular flexibility index (Phi) is 8.57. The molecule has 0 heterocycles.